The van der Waals surface area contributed by atoms with E-state index >= 15 is 0 Å². The van der Waals surface area contributed by atoms with Gasteiger partial charge in [-0.1, -0.05) is 0 Å². The lowest BCUT2D eigenvalue weighted by atomic mass is 10.3. The summed E-state index contributed by atoms with van der Waals surface area (Å²) in [4.78, 5) is 4.43. The van der Waals surface area contributed by atoms with E-state index in [4.69, 9.17) is 0 Å². The van der Waals surface area contributed by atoms with Crippen LogP contribution in [0.1, 0.15) is 6.92 Å². The fourth-order valence-corrected chi connectivity index (χ4v) is 3.96. The highest BCUT2D eigenvalue weighted by atomic mass is 33.1. The molecule has 0 aromatic rings. The van der Waals surface area contributed by atoms with Gasteiger partial charge in [-0.05, 0) is 45.9 Å². The van der Waals surface area contributed by atoms with Gasteiger partial charge in [0, 0.05) is 16.8 Å². The summed E-state index contributed by atoms with van der Waals surface area (Å²) in [6, 6.07) is 0.559. The highest BCUT2D eigenvalue weighted by Crippen LogP contribution is 2.33. The van der Waals surface area contributed by atoms with Crippen LogP contribution in [0.15, 0.2) is 0 Å². The van der Waals surface area contributed by atoms with E-state index in [1.165, 1.54) is 5.17 Å². The van der Waals surface area contributed by atoms with Gasteiger partial charge in [0.25, 0.3) is 0 Å². The molecule has 0 bridgehead atoms. The average Bonchev–Trinajstić information content (AvgIpc) is 2.65. The molecule has 0 spiro atoms. The Bertz CT molecular complexity index is 266. The molecule has 2 atom stereocenters. The van der Waals surface area contributed by atoms with Gasteiger partial charge < -0.3 is 4.90 Å². The van der Waals surface area contributed by atoms with Crippen LogP contribution in [-0.2, 0) is 0 Å². The lowest BCUT2D eigenvalue weighted by Gasteiger charge is -2.19. The van der Waals surface area contributed by atoms with Crippen LogP contribution in [0.5, 0.6) is 0 Å². The fourth-order valence-electron chi connectivity index (χ4n) is 1.28. The van der Waals surface area contributed by atoms with E-state index in [1.807, 2.05) is 21.6 Å². The number of nitrogens with zero attached hydrogens (tertiary/aromatic N) is 3. The van der Waals surface area contributed by atoms with Crippen molar-refractivity contribution in [1.29, 1.82) is 0 Å². The minimum atomic E-state index is 0.386. The van der Waals surface area contributed by atoms with Crippen molar-refractivity contribution >= 4 is 26.8 Å². The molecular formula is C10H23N4S2+. The minimum absolute atomic E-state index is 0.386. The summed E-state index contributed by atoms with van der Waals surface area (Å²) in [7, 11) is 14.3. The maximum absolute atomic E-state index is 3.51. The lowest BCUT2D eigenvalue weighted by molar-refractivity contribution is -0.501. The van der Waals surface area contributed by atoms with E-state index in [1.54, 1.807) is 0 Å². The largest absolute Gasteiger partial charge is 0.319 e. The van der Waals surface area contributed by atoms with E-state index < -0.39 is 0 Å². The average molecular weight is 263 g/mol. The zero-order valence-electron chi connectivity index (χ0n) is 11.0. The van der Waals surface area contributed by atoms with Crippen LogP contribution in [-0.4, -0.2) is 72.9 Å². The van der Waals surface area contributed by atoms with Crippen molar-refractivity contribution in [3.8, 4) is 0 Å². The Kier molecular flexibility index (Phi) is 5.43. The molecule has 1 aliphatic rings. The molecule has 0 aromatic carbocycles. The van der Waals surface area contributed by atoms with E-state index in [-0.39, 0.29) is 0 Å². The molecule has 1 aliphatic heterocycles. The number of hydrogen-bond donors (Lipinski definition) is 1. The van der Waals surface area contributed by atoms with Crippen LogP contribution in [0, 0.1) is 0 Å². The summed E-state index contributed by atoms with van der Waals surface area (Å²) in [6.07, 6.45) is 0. The Morgan fingerprint density at radius 3 is 2.44 bits per heavy atom. The van der Waals surface area contributed by atoms with Gasteiger partial charge >= 0.3 is 5.17 Å². The fraction of sp³-hybridized carbons (Fsp3) is 0.900. The first-order valence-electron chi connectivity index (χ1n) is 5.42. The van der Waals surface area contributed by atoms with Crippen LogP contribution in [0.3, 0.4) is 0 Å². The molecule has 2 unspecified atom stereocenters. The number of nitrogens with one attached hydrogen (secondary N) is 1. The number of hydrogen-bond acceptors (Lipinski definition) is 4. The maximum atomic E-state index is 3.51. The van der Waals surface area contributed by atoms with Crippen molar-refractivity contribution < 1.29 is 4.58 Å². The van der Waals surface area contributed by atoms with Crippen molar-refractivity contribution in [1.82, 2.24) is 15.1 Å². The smallest absolute Gasteiger partial charge is 0.303 e. The van der Waals surface area contributed by atoms with Crippen LogP contribution >= 0.6 is 21.6 Å². The zero-order valence-corrected chi connectivity index (χ0v) is 12.7. The molecule has 0 radical (unpaired) electrons. The van der Waals surface area contributed by atoms with Crippen molar-refractivity contribution in [3.05, 3.63) is 0 Å². The molecule has 16 heavy (non-hydrogen) atoms. The molecule has 6 heteroatoms. The van der Waals surface area contributed by atoms with Crippen LogP contribution in [0.2, 0.25) is 0 Å². The molecule has 0 saturated carbocycles. The van der Waals surface area contributed by atoms with Crippen LogP contribution < -0.4 is 5.32 Å². The third-order valence-corrected chi connectivity index (χ3v) is 5.42. The number of amidine groups is 1. The second-order valence-corrected chi connectivity index (χ2v) is 6.91. The molecule has 1 heterocycles. The van der Waals surface area contributed by atoms with E-state index in [0.717, 1.165) is 6.54 Å². The summed E-state index contributed by atoms with van der Waals surface area (Å²) in [6.45, 7) is 3.29. The highest BCUT2D eigenvalue weighted by Gasteiger charge is 2.31. The first-order valence-corrected chi connectivity index (χ1v) is 7.64. The highest BCUT2D eigenvalue weighted by molar-refractivity contribution is 8.83. The molecule has 1 N–H and O–H groups in total. The van der Waals surface area contributed by atoms with Gasteiger partial charge in [-0.2, -0.15) is 0 Å². The lowest BCUT2D eigenvalue weighted by Crippen LogP contribution is -2.41. The quantitative estimate of drug-likeness (QED) is 0.596. The van der Waals surface area contributed by atoms with Crippen molar-refractivity contribution in [2.24, 2.45) is 0 Å². The third-order valence-electron chi connectivity index (χ3n) is 2.70. The summed E-state index contributed by atoms with van der Waals surface area (Å²) in [5.41, 5.74) is 0.386. The summed E-state index contributed by atoms with van der Waals surface area (Å²) in [5, 5.41) is 4.77. The monoisotopic (exact) mass is 263 g/mol. The summed E-state index contributed by atoms with van der Waals surface area (Å²) < 4.78 is 2.30. The van der Waals surface area contributed by atoms with E-state index in [9.17, 15) is 0 Å². The molecule has 0 aromatic heterocycles. The van der Waals surface area contributed by atoms with Gasteiger partial charge in [0.15, 0.2) is 0 Å². The Morgan fingerprint density at radius 1 is 1.38 bits per heavy atom. The molecule has 4 nitrogen and oxygen atoms in total. The van der Waals surface area contributed by atoms with Crippen LogP contribution in [0.4, 0.5) is 0 Å². The topological polar surface area (TPSA) is 21.5 Å². The molecule has 94 valence electrons. The SMILES string of the molecule is CC(C[N+](C)=C1NC(N(C)C)SS1)N(C)C. The van der Waals surface area contributed by atoms with E-state index in [2.05, 4.69) is 61.9 Å². The zero-order chi connectivity index (χ0) is 12.3. The number of likely N-dealkylation sites (N-methyl/N-ethyl adjacent to an activating group) is 2. The number of rotatable bonds is 4. The standard InChI is InChI=1S/C10H22N4S2/c1-8(12(2)3)7-14(6)10-11-9(13(4)5)15-16-10/h8-9H,7H2,1-6H3/p+1. The Morgan fingerprint density at radius 2 is 2.00 bits per heavy atom. The van der Waals surface area contributed by atoms with Crippen molar-refractivity contribution in [3.63, 3.8) is 0 Å². The predicted molar refractivity (Wildman–Crippen MR) is 75.0 cm³/mol. The molecule has 1 rings (SSSR count). The van der Waals surface area contributed by atoms with Gasteiger partial charge in [-0.25, -0.2) is 5.32 Å². The van der Waals surface area contributed by atoms with Gasteiger partial charge in [-0.3, -0.25) is 9.48 Å². The molecular weight excluding hydrogens is 240 g/mol. The first kappa shape index (κ1) is 14.2. The van der Waals surface area contributed by atoms with Crippen LogP contribution in [0.25, 0.3) is 0 Å². The molecule has 0 aliphatic carbocycles. The van der Waals surface area contributed by atoms with Gasteiger partial charge in [0.2, 0.25) is 5.50 Å². The first-order chi connectivity index (χ1) is 7.41. The second kappa shape index (κ2) is 6.14. The summed E-state index contributed by atoms with van der Waals surface area (Å²) in [5.74, 6) is 0. The molecule has 0 amide bonds. The van der Waals surface area contributed by atoms with Crippen molar-refractivity contribution in [2.45, 2.75) is 18.5 Å². The molecule has 1 fully saturated rings. The van der Waals surface area contributed by atoms with Gasteiger partial charge in [-0.15, -0.1) is 0 Å². The predicted octanol–water partition coefficient (Wildman–Crippen LogP) is 0.765. The second-order valence-electron chi connectivity index (χ2n) is 4.64. The Hall–Kier alpha value is 0.0900. The molecule has 1 saturated heterocycles. The minimum Gasteiger partial charge on any atom is -0.303 e. The van der Waals surface area contributed by atoms with Gasteiger partial charge in [0.1, 0.15) is 6.54 Å². The van der Waals surface area contributed by atoms with Gasteiger partial charge in [0.05, 0.1) is 7.05 Å². The Balaban J connectivity index is 2.55. The van der Waals surface area contributed by atoms with Crippen molar-refractivity contribution in [2.75, 3.05) is 41.8 Å². The summed E-state index contributed by atoms with van der Waals surface area (Å²) >= 11 is 0. The Labute approximate surface area is 107 Å². The maximum Gasteiger partial charge on any atom is 0.319 e. The van der Waals surface area contributed by atoms with E-state index in [0.29, 0.717) is 11.5 Å². The normalized spacial score (nSPS) is 26.1. The third kappa shape index (κ3) is 3.84.